The number of ether oxygens (including phenoxy) is 2. The van der Waals surface area contributed by atoms with Gasteiger partial charge in [0.25, 0.3) is 0 Å². The molecule has 3 rings (SSSR count). The van der Waals surface area contributed by atoms with Crippen molar-refractivity contribution in [1.29, 1.82) is 0 Å². The van der Waals surface area contributed by atoms with Gasteiger partial charge in [0.1, 0.15) is 10.8 Å². The fourth-order valence-corrected chi connectivity index (χ4v) is 3.99. The van der Waals surface area contributed by atoms with E-state index in [0.29, 0.717) is 24.8 Å². The van der Waals surface area contributed by atoms with Crippen LogP contribution in [0, 0.1) is 12.3 Å². The number of hydrogen-bond donors (Lipinski definition) is 0. The van der Waals surface area contributed by atoms with E-state index in [1.807, 2.05) is 25.1 Å². The molecule has 1 saturated heterocycles. The molecule has 0 spiro atoms. The Balaban J connectivity index is 1.69. The topological polar surface area (TPSA) is 66.2 Å². The Kier molecular flexibility index (Phi) is 5.19. The number of nitrogens with zero attached hydrogens (tertiary/aromatic N) is 3. The van der Waals surface area contributed by atoms with Gasteiger partial charge >= 0.3 is 0 Å². The van der Waals surface area contributed by atoms with Gasteiger partial charge in [0, 0.05) is 14.8 Å². The lowest BCUT2D eigenvalue weighted by molar-refractivity contribution is -0.227. The molecule has 2 heterocycles. The number of hydrogen-bond acceptors (Lipinski definition) is 5. The molecule has 6 nitrogen and oxygen atoms in total. The van der Waals surface area contributed by atoms with Crippen LogP contribution in [0.5, 0.6) is 0 Å². The fraction of sp³-hybridized carbons (Fsp3) is 0.500. The predicted octanol–water partition coefficient (Wildman–Crippen LogP) is 2.91. The van der Waals surface area contributed by atoms with Crippen LogP contribution in [0.2, 0.25) is 0 Å². The van der Waals surface area contributed by atoms with E-state index in [1.54, 1.807) is 10.9 Å². The summed E-state index contributed by atoms with van der Waals surface area (Å²) in [4.78, 5) is 0.725. The van der Waals surface area contributed by atoms with Gasteiger partial charge in [-0.1, -0.05) is 41.1 Å². The molecular formula is C16H20BrN3O3S. The average molecular weight is 414 g/mol. The van der Waals surface area contributed by atoms with Crippen molar-refractivity contribution in [1.82, 2.24) is 15.0 Å². The number of benzene rings is 1. The number of rotatable bonds is 4. The third-order valence-electron chi connectivity index (χ3n) is 3.71. The summed E-state index contributed by atoms with van der Waals surface area (Å²) in [5, 5.41) is 8.51. The van der Waals surface area contributed by atoms with E-state index in [-0.39, 0.29) is 11.7 Å². The minimum atomic E-state index is -1.37. The Labute approximate surface area is 152 Å². The molecule has 0 amide bonds. The van der Waals surface area contributed by atoms with Crippen molar-refractivity contribution < 1.29 is 13.7 Å². The van der Waals surface area contributed by atoms with Crippen molar-refractivity contribution in [3.63, 3.8) is 0 Å². The minimum Gasteiger partial charge on any atom is -0.350 e. The molecule has 1 aromatic carbocycles. The first kappa shape index (κ1) is 17.7. The lowest BCUT2D eigenvalue weighted by atomic mass is 9.96. The van der Waals surface area contributed by atoms with Gasteiger partial charge in [-0.3, -0.25) is 0 Å². The predicted molar refractivity (Wildman–Crippen MR) is 93.0 cm³/mol. The summed E-state index contributed by atoms with van der Waals surface area (Å²) in [5.41, 5.74) is 0.983. The monoisotopic (exact) mass is 413 g/mol. The summed E-state index contributed by atoms with van der Waals surface area (Å²) in [7, 11) is -1.37. The highest BCUT2D eigenvalue weighted by molar-refractivity contribution is 9.10. The number of aromatic nitrogens is 3. The Bertz CT molecular complexity index is 753. The van der Waals surface area contributed by atoms with Crippen LogP contribution in [0.15, 0.2) is 38.8 Å². The Hall–Kier alpha value is -1.09. The van der Waals surface area contributed by atoms with Crippen LogP contribution in [0.25, 0.3) is 0 Å². The zero-order valence-electron chi connectivity index (χ0n) is 13.9. The molecule has 0 radical (unpaired) electrons. The highest BCUT2D eigenvalue weighted by atomic mass is 79.9. The maximum absolute atomic E-state index is 12.7. The van der Waals surface area contributed by atoms with Gasteiger partial charge in [0.2, 0.25) is 0 Å². The van der Waals surface area contributed by atoms with Gasteiger partial charge in [-0.05, 0) is 24.6 Å². The summed E-state index contributed by atoms with van der Waals surface area (Å²) >= 11 is 3.41. The fourth-order valence-electron chi connectivity index (χ4n) is 2.33. The average Bonchev–Trinajstić information content (AvgIpc) is 3.00. The molecule has 1 aliphatic heterocycles. The van der Waals surface area contributed by atoms with E-state index in [4.69, 9.17) is 9.47 Å². The second-order valence-corrected chi connectivity index (χ2v) is 8.98. The van der Waals surface area contributed by atoms with Crippen molar-refractivity contribution in [2.45, 2.75) is 43.5 Å². The second-order valence-electron chi connectivity index (χ2n) is 6.67. The SMILES string of the molecule is Cc1ccc(Br)cc1S(=O)c1cn(CC2OCC(C)(C)CO2)nn1. The zero-order chi connectivity index (χ0) is 17.3. The highest BCUT2D eigenvalue weighted by Crippen LogP contribution is 2.24. The largest absolute Gasteiger partial charge is 0.350 e. The van der Waals surface area contributed by atoms with Crippen molar-refractivity contribution in [3.8, 4) is 0 Å². The van der Waals surface area contributed by atoms with Crippen LogP contribution < -0.4 is 0 Å². The van der Waals surface area contributed by atoms with Crippen LogP contribution in [0.1, 0.15) is 19.4 Å². The normalized spacial score (nSPS) is 19.3. The van der Waals surface area contributed by atoms with E-state index in [9.17, 15) is 4.21 Å². The van der Waals surface area contributed by atoms with Gasteiger partial charge in [0.05, 0.1) is 26.0 Å². The maximum atomic E-state index is 12.7. The van der Waals surface area contributed by atoms with E-state index >= 15 is 0 Å². The van der Waals surface area contributed by atoms with Crippen molar-refractivity contribution in [2.75, 3.05) is 13.2 Å². The second kappa shape index (κ2) is 7.03. The summed E-state index contributed by atoms with van der Waals surface area (Å²) in [5.74, 6) is 0. The van der Waals surface area contributed by atoms with Gasteiger partial charge in [0.15, 0.2) is 11.3 Å². The lowest BCUT2D eigenvalue weighted by Gasteiger charge is -2.34. The maximum Gasteiger partial charge on any atom is 0.177 e. The van der Waals surface area contributed by atoms with E-state index in [1.165, 1.54) is 0 Å². The van der Waals surface area contributed by atoms with Crippen LogP contribution in [0.3, 0.4) is 0 Å². The quantitative estimate of drug-likeness (QED) is 0.770. The third-order valence-corrected chi connectivity index (χ3v) is 5.61. The molecule has 130 valence electrons. The van der Waals surface area contributed by atoms with Crippen LogP contribution in [-0.4, -0.2) is 38.7 Å². The van der Waals surface area contributed by atoms with Crippen molar-refractivity contribution >= 4 is 26.7 Å². The standard InChI is InChI=1S/C16H20BrN3O3S/c1-11-4-5-12(17)6-13(11)24(21)14-7-20(19-18-14)8-15-22-9-16(2,3)10-23-15/h4-7,15H,8-10H2,1-3H3. The molecule has 2 aromatic rings. The van der Waals surface area contributed by atoms with Crippen LogP contribution in [-0.2, 0) is 26.8 Å². The van der Waals surface area contributed by atoms with E-state index < -0.39 is 10.8 Å². The molecule has 0 saturated carbocycles. The molecule has 1 aromatic heterocycles. The molecule has 1 atom stereocenters. The van der Waals surface area contributed by atoms with E-state index in [2.05, 4.69) is 40.1 Å². The van der Waals surface area contributed by atoms with Crippen molar-refractivity contribution in [2.24, 2.45) is 5.41 Å². The first-order valence-electron chi connectivity index (χ1n) is 7.65. The molecule has 24 heavy (non-hydrogen) atoms. The highest BCUT2D eigenvalue weighted by Gasteiger charge is 2.28. The summed E-state index contributed by atoms with van der Waals surface area (Å²) in [6.45, 7) is 7.83. The van der Waals surface area contributed by atoms with Gasteiger partial charge in [-0.25, -0.2) is 8.89 Å². The minimum absolute atomic E-state index is 0.0315. The zero-order valence-corrected chi connectivity index (χ0v) is 16.3. The van der Waals surface area contributed by atoms with Gasteiger partial charge < -0.3 is 9.47 Å². The van der Waals surface area contributed by atoms with E-state index in [0.717, 1.165) is 14.9 Å². The molecule has 1 fully saturated rings. The Morgan fingerprint density at radius 1 is 1.38 bits per heavy atom. The Morgan fingerprint density at radius 3 is 2.79 bits per heavy atom. The molecule has 1 aliphatic rings. The first-order chi connectivity index (χ1) is 11.3. The molecule has 0 aliphatic carbocycles. The number of aryl methyl sites for hydroxylation is 1. The summed E-state index contributed by atoms with van der Waals surface area (Å²) in [6.07, 6.45) is 1.33. The van der Waals surface area contributed by atoms with Gasteiger partial charge in [-0.2, -0.15) is 0 Å². The summed E-state index contributed by atoms with van der Waals surface area (Å²) < 4.78 is 26.6. The number of halogens is 1. The smallest absolute Gasteiger partial charge is 0.177 e. The molecular weight excluding hydrogens is 394 g/mol. The van der Waals surface area contributed by atoms with Gasteiger partial charge in [-0.15, -0.1) is 5.10 Å². The molecule has 0 N–H and O–H groups in total. The first-order valence-corrected chi connectivity index (χ1v) is 9.60. The Morgan fingerprint density at radius 2 is 2.08 bits per heavy atom. The lowest BCUT2D eigenvalue weighted by Crippen LogP contribution is -2.39. The van der Waals surface area contributed by atoms with Crippen LogP contribution >= 0.6 is 15.9 Å². The van der Waals surface area contributed by atoms with Crippen molar-refractivity contribution in [3.05, 3.63) is 34.4 Å². The summed E-state index contributed by atoms with van der Waals surface area (Å²) in [6, 6.07) is 5.69. The molecule has 1 unspecified atom stereocenters. The third kappa shape index (κ3) is 4.11. The molecule has 8 heteroatoms. The van der Waals surface area contributed by atoms with Crippen LogP contribution in [0.4, 0.5) is 0 Å². The molecule has 0 bridgehead atoms.